The third kappa shape index (κ3) is 8.21. The average Bonchev–Trinajstić information content (AvgIpc) is 2.36. The van der Waals surface area contributed by atoms with Gasteiger partial charge in [0.1, 0.15) is 13.2 Å². The summed E-state index contributed by atoms with van der Waals surface area (Å²) in [5.74, 6) is -0.863. The molecule has 0 heterocycles. The second-order valence-corrected chi connectivity index (χ2v) is 3.18. The summed E-state index contributed by atoms with van der Waals surface area (Å²) in [5.41, 5.74) is 0. The molecule has 0 aliphatic carbocycles. The number of ether oxygens (including phenoxy) is 2. The molecule has 17 heavy (non-hydrogen) atoms. The van der Waals surface area contributed by atoms with Gasteiger partial charge in [0.25, 0.3) is 0 Å². The van der Waals surface area contributed by atoms with Gasteiger partial charge in [0, 0.05) is 25.2 Å². The maximum Gasteiger partial charge on any atom is 0.330 e. The summed E-state index contributed by atoms with van der Waals surface area (Å²) in [6, 6.07) is 0. The molecular formula is C12H19NO4. The lowest BCUT2D eigenvalue weighted by atomic mass is 10.4. The number of nitrogens with zero attached hydrogens (tertiary/aromatic N) is 1. The van der Waals surface area contributed by atoms with Crippen LogP contribution in [0.1, 0.15) is 6.92 Å². The van der Waals surface area contributed by atoms with Crippen LogP contribution in [-0.2, 0) is 19.1 Å². The number of carbonyl (C=O) groups excluding carboxylic acids is 2. The monoisotopic (exact) mass is 241 g/mol. The summed E-state index contributed by atoms with van der Waals surface area (Å²) in [4.78, 5) is 23.6. The highest BCUT2D eigenvalue weighted by molar-refractivity contribution is 5.81. The minimum absolute atomic E-state index is 0.300. The number of rotatable bonds is 9. The van der Waals surface area contributed by atoms with Crippen LogP contribution in [0, 0.1) is 0 Å². The molecule has 0 aromatic rings. The Morgan fingerprint density at radius 1 is 1.06 bits per heavy atom. The maximum atomic E-state index is 10.8. The van der Waals surface area contributed by atoms with Crippen molar-refractivity contribution in [2.75, 3.05) is 32.8 Å². The van der Waals surface area contributed by atoms with Crippen molar-refractivity contribution in [3.63, 3.8) is 0 Å². The van der Waals surface area contributed by atoms with Crippen LogP contribution in [0.2, 0.25) is 0 Å². The lowest BCUT2D eigenvalue weighted by Gasteiger charge is -2.19. The lowest BCUT2D eigenvalue weighted by molar-refractivity contribution is -0.138. The van der Waals surface area contributed by atoms with Gasteiger partial charge in [0.05, 0.1) is 0 Å². The Labute approximate surface area is 102 Å². The Hall–Kier alpha value is -1.62. The van der Waals surface area contributed by atoms with Gasteiger partial charge in [0.15, 0.2) is 0 Å². The molecular weight excluding hydrogens is 222 g/mol. The second kappa shape index (κ2) is 9.59. The fourth-order valence-electron chi connectivity index (χ4n) is 1.10. The predicted molar refractivity (Wildman–Crippen MR) is 64.4 cm³/mol. The first kappa shape index (κ1) is 15.4. The Morgan fingerprint density at radius 3 is 1.76 bits per heavy atom. The van der Waals surface area contributed by atoms with E-state index in [1.54, 1.807) is 0 Å². The van der Waals surface area contributed by atoms with Crippen molar-refractivity contribution in [1.29, 1.82) is 0 Å². The van der Waals surface area contributed by atoms with E-state index in [4.69, 9.17) is 9.47 Å². The van der Waals surface area contributed by atoms with Gasteiger partial charge >= 0.3 is 11.9 Å². The summed E-state index contributed by atoms with van der Waals surface area (Å²) in [6.07, 6.45) is 2.25. The third-order valence-corrected chi connectivity index (χ3v) is 2.08. The zero-order valence-corrected chi connectivity index (χ0v) is 10.2. The molecule has 0 N–H and O–H groups in total. The highest BCUT2D eigenvalue weighted by Gasteiger charge is 2.04. The van der Waals surface area contributed by atoms with E-state index >= 15 is 0 Å². The summed E-state index contributed by atoms with van der Waals surface area (Å²) in [6.45, 7) is 11.2. The van der Waals surface area contributed by atoms with E-state index in [2.05, 4.69) is 13.2 Å². The summed E-state index contributed by atoms with van der Waals surface area (Å²) < 4.78 is 9.70. The zero-order valence-electron chi connectivity index (χ0n) is 10.2. The molecule has 0 atom stereocenters. The van der Waals surface area contributed by atoms with Crippen LogP contribution in [0.4, 0.5) is 0 Å². The molecule has 0 unspecified atom stereocenters. The van der Waals surface area contributed by atoms with Crippen LogP contribution in [0.15, 0.2) is 25.3 Å². The minimum Gasteiger partial charge on any atom is -0.461 e. The molecule has 0 amide bonds. The Morgan fingerprint density at radius 2 is 1.47 bits per heavy atom. The normalized spacial score (nSPS) is 9.76. The predicted octanol–water partition coefficient (Wildman–Crippen LogP) is 0.767. The summed E-state index contributed by atoms with van der Waals surface area (Å²) >= 11 is 0. The highest BCUT2D eigenvalue weighted by atomic mass is 16.5. The molecule has 0 spiro atoms. The van der Waals surface area contributed by atoms with E-state index in [1.165, 1.54) is 0 Å². The Bertz CT molecular complexity index is 250. The van der Waals surface area contributed by atoms with Crippen LogP contribution in [0.5, 0.6) is 0 Å². The van der Waals surface area contributed by atoms with Crippen LogP contribution >= 0.6 is 0 Å². The third-order valence-electron chi connectivity index (χ3n) is 2.08. The number of hydrogen-bond donors (Lipinski definition) is 0. The summed E-state index contributed by atoms with van der Waals surface area (Å²) in [5, 5.41) is 0. The van der Waals surface area contributed by atoms with E-state index in [-0.39, 0.29) is 0 Å². The molecule has 0 radical (unpaired) electrons. The quantitative estimate of drug-likeness (QED) is 0.441. The van der Waals surface area contributed by atoms with Gasteiger partial charge in [-0.2, -0.15) is 0 Å². The highest BCUT2D eigenvalue weighted by Crippen LogP contribution is 1.90. The number of hydrogen-bond acceptors (Lipinski definition) is 5. The molecule has 0 saturated carbocycles. The smallest absolute Gasteiger partial charge is 0.330 e. The van der Waals surface area contributed by atoms with E-state index in [9.17, 15) is 9.59 Å². The van der Waals surface area contributed by atoms with Crippen molar-refractivity contribution in [3.8, 4) is 0 Å². The number of carbonyl (C=O) groups is 2. The van der Waals surface area contributed by atoms with Gasteiger partial charge in [-0.25, -0.2) is 9.59 Å². The van der Waals surface area contributed by atoms with Gasteiger partial charge in [-0.15, -0.1) is 0 Å². The van der Waals surface area contributed by atoms with Crippen LogP contribution < -0.4 is 0 Å². The molecule has 0 aromatic carbocycles. The molecule has 0 aromatic heterocycles. The van der Waals surface area contributed by atoms with E-state index in [0.717, 1.165) is 18.7 Å². The number of esters is 2. The van der Waals surface area contributed by atoms with Crippen LogP contribution in [-0.4, -0.2) is 49.7 Å². The van der Waals surface area contributed by atoms with Crippen molar-refractivity contribution in [2.24, 2.45) is 0 Å². The van der Waals surface area contributed by atoms with Crippen LogP contribution in [0.25, 0.3) is 0 Å². The fourth-order valence-corrected chi connectivity index (χ4v) is 1.10. The van der Waals surface area contributed by atoms with Gasteiger partial charge in [0.2, 0.25) is 0 Å². The maximum absolute atomic E-state index is 10.8. The molecule has 96 valence electrons. The van der Waals surface area contributed by atoms with Crippen molar-refractivity contribution < 1.29 is 19.1 Å². The van der Waals surface area contributed by atoms with E-state index < -0.39 is 11.9 Å². The van der Waals surface area contributed by atoms with Crippen molar-refractivity contribution in [2.45, 2.75) is 6.92 Å². The fraction of sp³-hybridized carbons (Fsp3) is 0.500. The van der Waals surface area contributed by atoms with Crippen molar-refractivity contribution in [1.82, 2.24) is 4.90 Å². The van der Waals surface area contributed by atoms with Crippen molar-refractivity contribution >= 4 is 11.9 Å². The summed E-state index contributed by atoms with van der Waals surface area (Å²) in [7, 11) is 0. The van der Waals surface area contributed by atoms with E-state index in [1.807, 2.05) is 11.8 Å². The van der Waals surface area contributed by atoms with Gasteiger partial charge in [-0.3, -0.25) is 4.90 Å². The first-order chi connectivity index (χ1) is 8.13. The zero-order chi connectivity index (χ0) is 13.1. The number of likely N-dealkylation sites (N-methyl/N-ethyl adjacent to an activating group) is 1. The lowest BCUT2D eigenvalue weighted by Crippen LogP contribution is -2.31. The Balaban J connectivity index is 3.69. The SMILES string of the molecule is C=CC(=O)OCCN(CC)CCOC(=O)C=C. The first-order valence-electron chi connectivity index (χ1n) is 5.44. The van der Waals surface area contributed by atoms with E-state index in [0.29, 0.717) is 26.3 Å². The topological polar surface area (TPSA) is 55.8 Å². The van der Waals surface area contributed by atoms with Gasteiger partial charge < -0.3 is 9.47 Å². The standard InChI is InChI=1S/C12H19NO4/c1-4-11(14)16-9-7-13(6-3)8-10-17-12(15)5-2/h4-5H,1-2,6-10H2,3H3. The first-order valence-corrected chi connectivity index (χ1v) is 5.44. The molecule has 0 bridgehead atoms. The average molecular weight is 241 g/mol. The molecule has 0 aliphatic heterocycles. The van der Waals surface area contributed by atoms with Crippen molar-refractivity contribution in [3.05, 3.63) is 25.3 Å². The molecule has 0 fully saturated rings. The van der Waals surface area contributed by atoms with Crippen LogP contribution in [0.3, 0.4) is 0 Å². The molecule has 0 rings (SSSR count). The van der Waals surface area contributed by atoms with Gasteiger partial charge in [-0.1, -0.05) is 20.1 Å². The van der Waals surface area contributed by atoms with Gasteiger partial charge in [-0.05, 0) is 6.54 Å². The Kier molecular flexibility index (Phi) is 8.68. The molecule has 0 saturated heterocycles. The minimum atomic E-state index is -0.431. The molecule has 5 nitrogen and oxygen atoms in total. The molecule has 0 aliphatic rings. The second-order valence-electron chi connectivity index (χ2n) is 3.18. The molecule has 5 heteroatoms. The largest absolute Gasteiger partial charge is 0.461 e.